The number of hydrogen-bond acceptors (Lipinski definition) is 11. The maximum Gasteiger partial charge on any atom is 0.387 e. The molecule has 2 aliphatic rings. The maximum absolute atomic E-state index is 13.4. The van der Waals surface area contributed by atoms with Crippen molar-refractivity contribution in [1.29, 1.82) is 5.26 Å². The molecule has 2 saturated heterocycles. The summed E-state index contributed by atoms with van der Waals surface area (Å²) in [5.74, 6) is -1.58. The second kappa shape index (κ2) is 14.8. The van der Waals surface area contributed by atoms with Crippen LogP contribution in [0.5, 0.6) is 5.75 Å². The quantitative estimate of drug-likeness (QED) is 0.299. The molecule has 0 radical (unpaired) electrons. The summed E-state index contributed by atoms with van der Waals surface area (Å²) in [4.78, 5) is 36.5. The summed E-state index contributed by atoms with van der Waals surface area (Å²) in [6, 6.07) is 8.00. The number of likely N-dealkylation sites (N-methyl/N-ethyl adjacent to an activating group) is 1. The summed E-state index contributed by atoms with van der Waals surface area (Å²) in [6.45, 7) is 4.32. The molecule has 238 valence electrons. The molecule has 3 aromatic rings. The third-order valence-corrected chi connectivity index (χ3v) is 7.54. The van der Waals surface area contributed by atoms with Gasteiger partial charge >= 0.3 is 6.61 Å². The highest BCUT2D eigenvalue weighted by Gasteiger charge is 2.23. The molecule has 0 saturated carbocycles. The Labute approximate surface area is 258 Å². The van der Waals surface area contributed by atoms with E-state index in [4.69, 9.17) is 10.00 Å². The van der Waals surface area contributed by atoms with Gasteiger partial charge in [-0.3, -0.25) is 14.5 Å². The number of rotatable bonds is 11. The number of hydrogen-bond donors (Lipinski definition) is 2. The fourth-order valence-electron chi connectivity index (χ4n) is 5.06. The standard InChI is InChI=1S/C29H34F2N10O4/c1-38-7-9-40(10-8-38)25-4-3-21(16-23(25)35-27(42)22-18-34-20(17-32)15-26(22)45-29(30)31)41-19-24(36-37-41)28(43)33-5-2-6-39-11-13-44-14-12-39/h3-4,15-16,18-19,29H,2,5-14H2,1H3,(H,33,43)(H,35,42). The first-order valence-corrected chi connectivity index (χ1v) is 14.6. The molecule has 0 atom stereocenters. The van der Waals surface area contributed by atoms with Crippen LogP contribution in [0, 0.1) is 11.3 Å². The minimum atomic E-state index is -3.21. The van der Waals surface area contributed by atoms with E-state index in [9.17, 15) is 18.4 Å². The van der Waals surface area contributed by atoms with E-state index in [0.717, 1.165) is 64.6 Å². The number of nitrogens with zero attached hydrogens (tertiary/aromatic N) is 8. The first-order valence-electron chi connectivity index (χ1n) is 14.6. The number of amides is 2. The van der Waals surface area contributed by atoms with Crippen LogP contribution in [0.1, 0.15) is 33.0 Å². The molecule has 2 amide bonds. The van der Waals surface area contributed by atoms with Crippen LogP contribution in [-0.2, 0) is 4.74 Å². The fourth-order valence-corrected chi connectivity index (χ4v) is 5.06. The van der Waals surface area contributed by atoms with Gasteiger partial charge in [0.25, 0.3) is 11.8 Å². The van der Waals surface area contributed by atoms with Gasteiger partial charge in [0, 0.05) is 58.1 Å². The van der Waals surface area contributed by atoms with E-state index < -0.39 is 18.3 Å². The van der Waals surface area contributed by atoms with Crippen molar-refractivity contribution in [3.8, 4) is 17.5 Å². The van der Waals surface area contributed by atoms with Crippen LogP contribution in [0.15, 0.2) is 36.7 Å². The predicted octanol–water partition coefficient (Wildman–Crippen LogP) is 1.59. The summed E-state index contributed by atoms with van der Waals surface area (Å²) < 4.78 is 37.5. The Hall–Kier alpha value is -4.72. The highest BCUT2D eigenvalue weighted by Crippen LogP contribution is 2.31. The van der Waals surface area contributed by atoms with E-state index >= 15 is 0 Å². The summed E-state index contributed by atoms with van der Waals surface area (Å²) in [7, 11) is 2.02. The second-order valence-electron chi connectivity index (χ2n) is 10.6. The van der Waals surface area contributed by atoms with Gasteiger partial charge in [-0.15, -0.1) is 5.10 Å². The highest BCUT2D eigenvalue weighted by molar-refractivity contribution is 6.07. The average molecular weight is 625 g/mol. The lowest BCUT2D eigenvalue weighted by Gasteiger charge is -2.35. The zero-order valence-electron chi connectivity index (χ0n) is 24.8. The molecule has 2 N–H and O–H groups in total. The number of anilines is 2. The molecule has 0 bridgehead atoms. The monoisotopic (exact) mass is 624 g/mol. The van der Waals surface area contributed by atoms with Gasteiger partial charge in [-0.2, -0.15) is 14.0 Å². The molecule has 14 nitrogen and oxygen atoms in total. The molecule has 2 aliphatic heterocycles. The highest BCUT2D eigenvalue weighted by atomic mass is 19.3. The molecule has 0 spiro atoms. The topological polar surface area (TPSA) is 154 Å². The molecule has 5 rings (SSSR count). The summed E-state index contributed by atoms with van der Waals surface area (Å²) in [5.41, 5.74) is 1.27. The Morgan fingerprint density at radius 2 is 1.89 bits per heavy atom. The van der Waals surface area contributed by atoms with Crippen LogP contribution in [0.2, 0.25) is 0 Å². The maximum atomic E-state index is 13.4. The molecule has 0 unspecified atom stereocenters. The number of nitriles is 1. The molecular formula is C29H34F2N10O4. The number of alkyl halides is 2. The van der Waals surface area contributed by atoms with Crippen LogP contribution >= 0.6 is 0 Å². The number of piperazine rings is 1. The Morgan fingerprint density at radius 3 is 2.62 bits per heavy atom. The van der Waals surface area contributed by atoms with Crippen LogP contribution in [0.3, 0.4) is 0 Å². The van der Waals surface area contributed by atoms with E-state index in [1.54, 1.807) is 18.2 Å². The number of halogens is 2. The minimum Gasteiger partial charge on any atom is -0.434 e. The van der Waals surface area contributed by atoms with Crippen molar-refractivity contribution in [3.63, 3.8) is 0 Å². The predicted molar refractivity (Wildman–Crippen MR) is 159 cm³/mol. The zero-order chi connectivity index (χ0) is 31.8. The number of morpholine rings is 1. The van der Waals surface area contributed by atoms with Gasteiger partial charge in [0.15, 0.2) is 5.69 Å². The largest absolute Gasteiger partial charge is 0.434 e. The Kier molecular flexibility index (Phi) is 10.5. The van der Waals surface area contributed by atoms with Crippen molar-refractivity contribution in [2.24, 2.45) is 0 Å². The van der Waals surface area contributed by atoms with E-state index in [1.807, 2.05) is 13.1 Å². The number of pyridine rings is 1. The van der Waals surface area contributed by atoms with Crippen molar-refractivity contribution < 1.29 is 27.8 Å². The summed E-state index contributed by atoms with van der Waals surface area (Å²) in [5, 5.41) is 22.9. The summed E-state index contributed by atoms with van der Waals surface area (Å²) >= 11 is 0. The third-order valence-electron chi connectivity index (χ3n) is 7.54. The fraction of sp³-hybridized carbons (Fsp3) is 0.448. The van der Waals surface area contributed by atoms with Crippen LogP contribution in [-0.4, -0.2) is 121 Å². The second-order valence-corrected chi connectivity index (χ2v) is 10.6. The number of carbonyl (C=O) groups excluding carboxylic acids is 2. The van der Waals surface area contributed by atoms with Crippen molar-refractivity contribution in [3.05, 3.63) is 53.6 Å². The van der Waals surface area contributed by atoms with E-state index in [1.165, 1.54) is 10.9 Å². The van der Waals surface area contributed by atoms with Gasteiger partial charge in [0.05, 0.1) is 36.5 Å². The third kappa shape index (κ3) is 8.26. The van der Waals surface area contributed by atoms with Gasteiger partial charge < -0.3 is 29.9 Å². The summed E-state index contributed by atoms with van der Waals surface area (Å²) in [6.07, 6.45) is 3.30. The SMILES string of the molecule is CN1CCN(c2ccc(-n3cc(C(=O)NCCCN4CCOCC4)nn3)cc2NC(=O)c2cnc(C#N)cc2OC(F)F)CC1. The number of carbonyl (C=O) groups is 2. The number of aromatic nitrogens is 4. The molecule has 2 aromatic heterocycles. The minimum absolute atomic E-state index is 0.132. The normalized spacial score (nSPS) is 15.9. The average Bonchev–Trinajstić information content (AvgIpc) is 3.54. The Balaban J connectivity index is 1.33. The lowest BCUT2D eigenvalue weighted by molar-refractivity contribution is -0.0501. The Morgan fingerprint density at radius 1 is 1.11 bits per heavy atom. The van der Waals surface area contributed by atoms with Gasteiger partial charge in [0.1, 0.15) is 23.1 Å². The molecule has 16 heteroatoms. The molecule has 4 heterocycles. The lowest BCUT2D eigenvalue weighted by atomic mass is 10.1. The van der Waals surface area contributed by atoms with Gasteiger partial charge in [-0.25, -0.2) is 9.67 Å². The zero-order valence-corrected chi connectivity index (χ0v) is 24.8. The van der Waals surface area contributed by atoms with Crippen molar-refractivity contribution in [2.45, 2.75) is 13.0 Å². The van der Waals surface area contributed by atoms with E-state index in [-0.39, 0.29) is 22.9 Å². The van der Waals surface area contributed by atoms with Crippen LogP contribution in [0.4, 0.5) is 20.2 Å². The van der Waals surface area contributed by atoms with Gasteiger partial charge in [-0.1, -0.05) is 5.21 Å². The molecule has 2 fully saturated rings. The lowest BCUT2D eigenvalue weighted by Crippen LogP contribution is -2.44. The number of ether oxygens (including phenoxy) is 2. The molecule has 45 heavy (non-hydrogen) atoms. The van der Waals surface area contributed by atoms with Gasteiger partial charge in [0.2, 0.25) is 0 Å². The van der Waals surface area contributed by atoms with Gasteiger partial charge in [-0.05, 0) is 38.2 Å². The molecular weight excluding hydrogens is 590 g/mol. The number of benzene rings is 1. The first-order chi connectivity index (χ1) is 21.8. The molecule has 0 aliphatic carbocycles. The van der Waals surface area contributed by atoms with Crippen LogP contribution < -0.4 is 20.3 Å². The molecule has 1 aromatic carbocycles. The van der Waals surface area contributed by atoms with Crippen molar-refractivity contribution in [2.75, 3.05) is 82.8 Å². The first kappa shape index (κ1) is 31.7. The Bertz CT molecular complexity index is 1530. The van der Waals surface area contributed by atoms with Crippen LogP contribution in [0.25, 0.3) is 5.69 Å². The smallest absolute Gasteiger partial charge is 0.387 e. The van der Waals surface area contributed by atoms with E-state index in [2.05, 4.69) is 45.4 Å². The van der Waals surface area contributed by atoms with Crippen molar-refractivity contribution in [1.82, 2.24) is 35.1 Å². The van der Waals surface area contributed by atoms with Crippen molar-refractivity contribution >= 4 is 23.2 Å². The van der Waals surface area contributed by atoms with E-state index in [0.29, 0.717) is 36.7 Å². The number of nitrogens with one attached hydrogen (secondary N) is 2.